The van der Waals surface area contributed by atoms with Crippen LogP contribution in [0.15, 0.2) is 42.5 Å². The van der Waals surface area contributed by atoms with E-state index in [-0.39, 0.29) is 17.6 Å². The Hall–Kier alpha value is -2.89. The summed E-state index contributed by atoms with van der Waals surface area (Å²) in [5, 5.41) is 2.86. The molecule has 0 aliphatic carbocycles. The quantitative estimate of drug-likeness (QED) is 0.742. The van der Waals surface area contributed by atoms with Gasteiger partial charge in [-0.1, -0.05) is 26.0 Å². The van der Waals surface area contributed by atoms with Gasteiger partial charge in [0.1, 0.15) is 5.82 Å². The number of rotatable bonds is 8. The Balaban J connectivity index is 2.33. The van der Waals surface area contributed by atoms with Crippen LogP contribution in [0.25, 0.3) is 0 Å². The fraction of sp³-hybridized carbons (Fsp3) is 0.364. The van der Waals surface area contributed by atoms with Crippen LogP contribution in [0, 0.1) is 5.82 Å². The molecule has 0 unspecified atom stereocenters. The van der Waals surface area contributed by atoms with Crippen LogP contribution < -0.4 is 10.2 Å². The highest BCUT2D eigenvalue weighted by Gasteiger charge is 2.17. The van der Waals surface area contributed by atoms with Crippen molar-refractivity contribution in [3.8, 4) is 0 Å². The van der Waals surface area contributed by atoms with Gasteiger partial charge >= 0.3 is 0 Å². The Labute approximate surface area is 166 Å². The van der Waals surface area contributed by atoms with E-state index in [0.717, 1.165) is 16.8 Å². The smallest absolute Gasteiger partial charge is 0.224 e. The topological polar surface area (TPSA) is 52.7 Å². The van der Waals surface area contributed by atoms with Crippen LogP contribution in [-0.2, 0) is 22.7 Å². The molecule has 0 aliphatic rings. The van der Waals surface area contributed by atoms with Gasteiger partial charge in [-0.05, 0) is 41.5 Å². The SMILES string of the molecule is CCC(=O)Nc1ccc(N(C)C)c(CN(Cc2cccc(F)c2)C(=O)CC)c1. The Kier molecular flexibility index (Phi) is 7.55. The molecule has 0 fully saturated rings. The van der Waals surface area contributed by atoms with Crippen molar-refractivity contribution in [2.45, 2.75) is 39.8 Å². The Morgan fingerprint density at radius 1 is 1.00 bits per heavy atom. The minimum absolute atomic E-state index is 0.0167. The third-order valence-electron chi connectivity index (χ3n) is 4.44. The second-order valence-electron chi connectivity index (χ2n) is 6.87. The number of nitrogens with zero attached hydrogens (tertiary/aromatic N) is 2. The summed E-state index contributed by atoms with van der Waals surface area (Å²) >= 11 is 0. The third-order valence-corrected chi connectivity index (χ3v) is 4.44. The van der Waals surface area contributed by atoms with E-state index in [1.54, 1.807) is 17.9 Å². The van der Waals surface area contributed by atoms with Gasteiger partial charge in [0.05, 0.1) is 0 Å². The summed E-state index contributed by atoms with van der Waals surface area (Å²) in [4.78, 5) is 28.0. The lowest BCUT2D eigenvalue weighted by molar-refractivity contribution is -0.132. The van der Waals surface area contributed by atoms with Crippen molar-refractivity contribution < 1.29 is 14.0 Å². The number of amides is 2. The van der Waals surface area contributed by atoms with Gasteiger partial charge in [-0.3, -0.25) is 9.59 Å². The standard InChI is InChI=1S/C22H28FN3O2/c1-5-21(27)24-19-10-11-20(25(3)4)17(13-19)15-26(22(28)6-2)14-16-8-7-9-18(23)12-16/h7-13H,5-6,14-15H2,1-4H3,(H,24,27). The zero-order chi connectivity index (χ0) is 20.7. The normalized spacial score (nSPS) is 10.5. The second kappa shape index (κ2) is 9.88. The first-order valence-corrected chi connectivity index (χ1v) is 9.46. The summed E-state index contributed by atoms with van der Waals surface area (Å²) in [6.07, 6.45) is 0.754. The molecule has 0 heterocycles. The molecule has 0 bridgehead atoms. The highest BCUT2D eigenvalue weighted by molar-refractivity contribution is 5.91. The third kappa shape index (κ3) is 5.81. The number of carbonyl (C=O) groups excluding carboxylic acids is 2. The van der Waals surface area contributed by atoms with E-state index in [9.17, 15) is 14.0 Å². The molecule has 150 valence electrons. The molecule has 0 aliphatic heterocycles. The number of nitrogens with one attached hydrogen (secondary N) is 1. The minimum atomic E-state index is -0.320. The van der Waals surface area contributed by atoms with Crippen molar-refractivity contribution in [1.82, 2.24) is 4.90 Å². The minimum Gasteiger partial charge on any atom is -0.377 e. The summed E-state index contributed by atoms with van der Waals surface area (Å²) in [6.45, 7) is 4.30. The molecular weight excluding hydrogens is 357 g/mol. The summed E-state index contributed by atoms with van der Waals surface area (Å²) in [6, 6.07) is 12.0. The van der Waals surface area contributed by atoms with Crippen molar-refractivity contribution in [2.24, 2.45) is 0 Å². The van der Waals surface area contributed by atoms with Gasteiger partial charge in [0.15, 0.2) is 0 Å². The molecule has 2 rings (SSSR count). The highest BCUT2D eigenvalue weighted by atomic mass is 19.1. The maximum atomic E-state index is 13.6. The predicted molar refractivity (Wildman–Crippen MR) is 111 cm³/mol. The molecule has 2 aromatic rings. The van der Waals surface area contributed by atoms with Crippen LogP contribution in [0.4, 0.5) is 15.8 Å². The molecule has 28 heavy (non-hydrogen) atoms. The molecule has 0 saturated heterocycles. The fourth-order valence-corrected chi connectivity index (χ4v) is 2.99. The van der Waals surface area contributed by atoms with Gasteiger partial charge in [0.25, 0.3) is 0 Å². The second-order valence-corrected chi connectivity index (χ2v) is 6.87. The van der Waals surface area contributed by atoms with Gasteiger partial charge in [-0.2, -0.15) is 0 Å². The number of anilines is 2. The molecule has 0 aromatic heterocycles. The Bertz CT molecular complexity index is 836. The van der Waals surface area contributed by atoms with Crippen LogP contribution in [0.1, 0.15) is 37.8 Å². The fourth-order valence-electron chi connectivity index (χ4n) is 2.99. The van der Waals surface area contributed by atoms with E-state index in [1.807, 2.05) is 50.2 Å². The monoisotopic (exact) mass is 385 g/mol. The van der Waals surface area contributed by atoms with Gasteiger partial charge in [-0.15, -0.1) is 0 Å². The molecule has 5 nitrogen and oxygen atoms in total. The predicted octanol–water partition coefficient (Wildman–Crippen LogP) is 4.18. The zero-order valence-corrected chi connectivity index (χ0v) is 17.0. The van der Waals surface area contributed by atoms with Gasteiger partial charge in [0.2, 0.25) is 11.8 Å². The average Bonchev–Trinajstić information content (AvgIpc) is 2.66. The lowest BCUT2D eigenvalue weighted by Gasteiger charge is -2.26. The van der Waals surface area contributed by atoms with Gasteiger partial charge < -0.3 is 15.1 Å². The molecule has 0 radical (unpaired) electrons. The van der Waals surface area contributed by atoms with Crippen LogP contribution in [0.2, 0.25) is 0 Å². The van der Waals surface area contributed by atoms with E-state index < -0.39 is 0 Å². The summed E-state index contributed by atoms with van der Waals surface area (Å²) < 4.78 is 13.6. The van der Waals surface area contributed by atoms with E-state index in [2.05, 4.69) is 5.32 Å². The van der Waals surface area contributed by atoms with E-state index in [4.69, 9.17) is 0 Å². The van der Waals surface area contributed by atoms with Crippen LogP contribution in [0.5, 0.6) is 0 Å². The zero-order valence-electron chi connectivity index (χ0n) is 17.0. The number of carbonyl (C=O) groups is 2. The van der Waals surface area contributed by atoms with Crippen LogP contribution in [-0.4, -0.2) is 30.8 Å². The van der Waals surface area contributed by atoms with E-state index in [1.165, 1.54) is 12.1 Å². The van der Waals surface area contributed by atoms with E-state index >= 15 is 0 Å². The number of halogens is 1. The summed E-state index contributed by atoms with van der Waals surface area (Å²) in [5.74, 6) is -0.401. The van der Waals surface area contributed by atoms with Crippen LogP contribution >= 0.6 is 0 Å². The van der Waals surface area contributed by atoms with Crippen LogP contribution in [0.3, 0.4) is 0 Å². The van der Waals surface area contributed by atoms with Crippen molar-refractivity contribution in [3.63, 3.8) is 0 Å². The van der Waals surface area contributed by atoms with Gasteiger partial charge in [0, 0.05) is 51.4 Å². The maximum Gasteiger partial charge on any atom is 0.224 e. The van der Waals surface area contributed by atoms with Crippen molar-refractivity contribution in [2.75, 3.05) is 24.3 Å². The molecule has 2 aromatic carbocycles. The molecular formula is C22H28FN3O2. The van der Waals surface area contributed by atoms with Gasteiger partial charge in [-0.25, -0.2) is 4.39 Å². The average molecular weight is 385 g/mol. The molecule has 1 N–H and O–H groups in total. The van der Waals surface area contributed by atoms with Crippen molar-refractivity contribution in [3.05, 3.63) is 59.4 Å². The summed E-state index contributed by atoms with van der Waals surface area (Å²) in [5.41, 5.74) is 3.31. The van der Waals surface area contributed by atoms with Crippen molar-refractivity contribution >= 4 is 23.2 Å². The lowest BCUT2D eigenvalue weighted by Crippen LogP contribution is -2.30. The number of hydrogen-bond acceptors (Lipinski definition) is 3. The molecule has 6 heteroatoms. The van der Waals surface area contributed by atoms with E-state index in [0.29, 0.717) is 31.6 Å². The maximum absolute atomic E-state index is 13.6. The highest BCUT2D eigenvalue weighted by Crippen LogP contribution is 2.25. The molecule has 0 atom stereocenters. The number of benzene rings is 2. The first kappa shape index (κ1) is 21.4. The summed E-state index contributed by atoms with van der Waals surface area (Å²) in [7, 11) is 3.86. The first-order chi connectivity index (χ1) is 13.3. The molecule has 0 saturated carbocycles. The first-order valence-electron chi connectivity index (χ1n) is 9.46. The Morgan fingerprint density at radius 3 is 2.36 bits per heavy atom. The van der Waals surface area contributed by atoms with Crippen molar-refractivity contribution in [1.29, 1.82) is 0 Å². The Morgan fingerprint density at radius 2 is 1.75 bits per heavy atom. The number of hydrogen-bond donors (Lipinski definition) is 1. The largest absolute Gasteiger partial charge is 0.377 e. The molecule has 2 amide bonds. The lowest BCUT2D eigenvalue weighted by atomic mass is 10.1. The molecule has 0 spiro atoms.